The topological polar surface area (TPSA) is 89.4 Å². The van der Waals surface area contributed by atoms with Gasteiger partial charge in [-0.3, -0.25) is 4.79 Å². The molecule has 190 valence electrons. The second-order valence-electron chi connectivity index (χ2n) is 9.11. The lowest BCUT2D eigenvalue weighted by Gasteiger charge is -2.43. The van der Waals surface area contributed by atoms with Crippen LogP contribution in [-0.2, 0) is 22.4 Å². The Morgan fingerprint density at radius 1 is 1.20 bits per heavy atom. The van der Waals surface area contributed by atoms with Crippen LogP contribution in [-0.4, -0.2) is 62.6 Å². The number of nitrogens with one attached hydrogen (secondary N) is 1. The Kier molecular flexibility index (Phi) is 7.18. The zero-order valence-electron chi connectivity index (χ0n) is 19.2. The number of benzene rings is 1. The molecule has 1 saturated heterocycles. The van der Waals surface area contributed by atoms with Gasteiger partial charge in [-0.15, -0.1) is 5.10 Å². The Bertz CT molecular complexity index is 1120. The van der Waals surface area contributed by atoms with Crippen LogP contribution in [0, 0.1) is 0 Å². The molecule has 0 atom stereocenters. The number of carbonyl (C=O) groups is 2. The van der Waals surface area contributed by atoms with Crippen molar-refractivity contribution in [1.82, 2.24) is 25.0 Å². The summed E-state index contributed by atoms with van der Waals surface area (Å²) in [6.45, 7) is 3.12. The molecule has 8 nitrogen and oxygen atoms in total. The molecule has 1 aliphatic heterocycles. The van der Waals surface area contributed by atoms with Gasteiger partial charge < -0.3 is 15.0 Å². The lowest BCUT2D eigenvalue weighted by atomic mass is 9.96. The number of alkyl halides is 5. The van der Waals surface area contributed by atoms with Crippen molar-refractivity contribution in [2.45, 2.75) is 44.9 Å². The van der Waals surface area contributed by atoms with Gasteiger partial charge in [-0.2, -0.15) is 13.2 Å². The first-order valence-electron chi connectivity index (χ1n) is 10.5. The molecule has 1 N–H and O–H groups in total. The van der Waals surface area contributed by atoms with Gasteiger partial charge in [0.1, 0.15) is 18.6 Å². The summed E-state index contributed by atoms with van der Waals surface area (Å²) in [5, 5.41) is 6.31. The van der Waals surface area contributed by atoms with E-state index in [1.54, 1.807) is 20.8 Å². The Morgan fingerprint density at radius 2 is 1.89 bits per heavy atom. The molecule has 0 bridgehead atoms. The molecule has 1 aliphatic rings. The quantitative estimate of drug-likeness (QED) is 0.478. The second-order valence-corrected chi connectivity index (χ2v) is 9.11. The minimum absolute atomic E-state index is 0.0339. The van der Waals surface area contributed by atoms with E-state index < -0.39 is 41.7 Å². The van der Waals surface area contributed by atoms with Gasteiger partial charge in [-0.05, 0) is 44.5 Å². The largest absolute Gasteiger partial charge is 0.444 e. The summed E-state index contributed by atoms with van der Waals surface area (Å²) in [6.07, 6.45) is -1.96. The monoisotopic (exact) mass is 501 g/mol. The maximum atomic E-state index is 14.6. The number of rotatable bonds is 6. The molecule has 1 aromatic heterocycles. The van der Waals surface area contributed by atoms with E-state index in [4.69, 9.17) is 4.74 Å². The third-order valence-corrected chi connectivity index (χ3v) is 4.82. The maximum Gasteiger partial charge on any atom is 0.416 e. The molecule has 1 aromatic carbocycles. The van der Waals surface area contributed by atoms with Gasteiger partial charge in [0.05, 0.1) is 25.2 Å². The van der Waals surface area contributed by atoms with Gasteiger partial charge >= 0.3 is 12.3 Å². The summed E-state index contributed by atoms with van der Waals surface area (Å²) >= 11 is 0. The van der Waals surface area contributed by atoms with Crippen molar-refractivity contribution in [1.29, 1.82) is 0 Å². The van der Waals surface area contributed by atoms with E-state index in [9.17, 15) is 31.5 Å². The van der Waals surface area contributed by atoms with Crippen molar-refractivity contribution in [2.24, 2.45) is 0 Å². The fourth-order valence-corrected chi connectivity index (χ4v) is 3.24. The maximum absolute atomic E-state index is 14.6. The molecule has 2 amide bonds. The van der Waals surface area contributed by atoms with Crippen molar-refractivity contribution < 1.29 is 36.3 Å². The van der Waals surface area contributed by atoms with Crippen molar-refractivity contribution in [3.63, 3.8) is 0 Å². The van der Waals surface area contributed by atoms with E-state index in [-0.39, 0.29) is 36.6 Å². The van der Waals surface area contributed by atoms with Crippen LogP contribution >= 0.6 is 0 Å². The standard InChI is InChI=1S/C22H24F5N5O3/c1-20(2,3)35-19(34)28-10-21(24)11-31(12-21)17(33)4-5-32-13-29-18(30-32)15-6-14(9-23)7-16(8-15)22(25,26)27/h4-8,13H,9-12H2,1-3H3,(H,28,34)/b5-4-. The highest BCUT2D eigenvalue weighted by Crippen LogP contribution is 2.33. The van der Waals surface area contributed by atoms with E-state index in [1.807, 2.05) is 0 Å². The number of halogens is 5. The van der Waals surface area contributed by atoms with E-state index in [0.29, 0.717) is 6.07 Å². The lowest BCUT2D eigenvalue weighted by Crippen LogP contribution is -2.65. The molecule has 0 saturated carbocycles. The van der Waals surface area contributed by atoms with Gasteiger partial charge in [-0.1, -0.05) is 0 Å². The molecule has 3 rings (SSSR count). The van der Waals surface area contributed by atoms with Gasteiger partial charge in [0.2, 0.25) is 5.91 Å². The smallest absolute Gasteiger partial charge is 0.416 e. The van der Waals surface area contributed by atoms with Crippen LogP contribution in [0.2, 0.25) is 0 Å². The molecule has 0 radical (unpaired) electrons. The van der Waals surface area contributed by atoms with Crippen LogP contribution < -0.4 is 5.32 Å². The minimum atomic E-state index is -4.67. The molecule has 13 heteroatoms. The van der Waals surface area contributed by atoms with Gasteiger partial charge in [-0.25, -0.2) is 23.2 Å². The summed E-state index contributed by atoms with van der Waals surface area (Å²) < 4.78 is 72.9. The first kappa shape index (κ1) is 26.1. The Hall–Kier alpha value is -3.51. The summed E-state index contributed by atoms with van der Waals surface area (Å²) in [5.74, 6) is -0.630. The number of alkyl carbamates (subject to hydrolysis) is 1. The first-order chi connectivity index (χ1) is 16.2. The van der Waals surface area contributed by atoms with E-state index in [2.05, 4.69) is 15.4 Å². The van der Waals surface area contributed by atoms with Crippen molar-refractivity contribution in [3.8, 4) is 11.4 Å². The van der Waals surface area contributed by atoms with E-state index >= 15 is 0 Å². The third-order valence-electron chi connectivity index (χ3n) is 4.82. The van der Waals surface area contributed by atoms with Gasteiger partial charge in [0, 0.05) is 17.8 Å². The molecular formula is C22H24F5N5O3. The highest BCUT2D eigenvalue weighted by molar-refractivity contribution is 5.91. The Labute approximate surface area is 197 Å². The number of hydrogen-bond acceptors (Lipinski definition) is 5. The van der Waals surface area contributed by atoms with Crippen molar-refractivity contribution in [2.75, 3.05) is 19.6 Å². The minimum Gasteiger partial charge on any atom is -0.444 e. The number of hydrogen-bond donors (Lipinski definition) is 1. The number of nitrogens with zero attached hydrogens (tertiary/aromatic N) is 4. The zero-order valence-corrected chi connectivity index (χ0v) is 19.2. The summed E-state index contributed by atoms with van der Waals surface area (Å²) in [6, 6.07) is 2.72. The summed E-state index contributed by atoms with van der Waals surface area (Å²) in [5.41, 5.74) is -3.76. The van der Waals surface area contributed by atoms with Gasteiger partial charge in [0.15, 0.2) is 11.5 Å². The molecule has 2 heterocycles. The fourth-order valence-electron chi connectivity index (χ4n) is 3.24. The van der Waals surface area contributed by atoms with E-state index in [0.717, 1.165) is 23.2 Å². The molecule has 1 fully saturated rings. The van der Waals surface area contributed by atoms with Crippen molar-refractivity contribution in [3.05, 3.63) is 41.7 Å². The predicted molar refractivity (Wildman–Crippen MR) is 115 cm³/mol. The van der Waals surface area contributed by atoms with Crippen LogP contribution in [0.3, 0.4) is 0 Å². The predicted octanol–water partition coefficient (Wildman–Crippen LogP) is 3.98. The van der Waals surface area contributed by atoms with E-state index in [1.165, 1.54) is 17.2 Å². The lowest BCUT2D eigenvalue weighted by molar-refractivity contribution is -0.139. The molecular weight excluding hydrogens is 477 g/mol. The third kappa shape index (κ3) is 6.99. The highest BCUT2D eigenvalue weighted by atomic mass is 19.4. The number of carbonyl (C=O) groups excluding carboxylic acids is 2. The van der Waals surface area contributed by atoms with Crippen LogP contribution in [0.25, 0.3) is 17.6 Å². The molecule has 0 aliphatic carbocycles. The van der Waals surface area contributed by atoms with Crippen LogP contribution in [0.5, 0.6) is 0 Å². The number of aromatic nitrogens is 3. The fraction of sp³-hybridized carbons (Fsp3) is 0.455. The normalized spacial score (nSPS) is 15.7. The average molecular weight is 501 g/mol. The zero-order chi connectivity index (χ0) is 26.0. The Morgan fingerprint density at radius 3 is 2.49 bits per heavy atom. The van der Waals surface area contributed by atoms with Gasteiger partial charge in [0.25, 0.3) is 0 Å². The summed E-state index contributed by atoms with van der Waals surface area (Å²) in [4.78, 5) is 29.0. The number of likely N-dealkylation sites (tertiary alicyclic amines) is 1. The number of amides is 2. The summed E-state index contributed by atoms with van der Waals surface area (Å²) in [7, 11) is 0. The van der Waals surface area contributed by atoms with Crippen LogP contribution in [0.1, 0.15) is 31.9 Å². The highest BCUT2D eigenvalue weighted by Gasteiger charge is 2.45. The molecule has 0 spiro atoms. The number of ether oxygens (including phenoxy) is 1. The first-order valence-corrected chi connectivity index (χ1v) is 10.5. The molecule has 35 heavy (non-hydrogen) atoms. The molecule has 0 unspecified atom stereocenters. The van der Waals surface area contributed by atoms with Crippen LogP contribution in [0.15, 0.2) is 30.6 Å². The average Bonchev–Trinajstić information content (AvgIpc) is 3.21. The second kappa shape index (κ2) is 9.62. The molecule has 2 aromatic rings. The Balaban J connectivity index is 1.58. The van der Waals surface area contributed by atoms with Crippen LogP contribution in [0.4, 0.5) is 26.7 Å². The SMILES string of the molecule is CC(C)(C)OC(=O)NCC1(F)CN(C(=O)/C=C\n2cnc(-c3cc(CF)cc(C(F)(F)F)c3)n2)C1. The van der Waals surface area contributed by atoms with Crippen molar-refractivity contribution >= 4 is 18.2 Å².